The molecule has 3 rings (SSSR count). The van der Waals surface area contributed by atoms with Crippen LogP contribution in [0.3, 0.4) is 0 Å². The Morgan fingerprint density at radius 3 is 2.24 bits per heavy atom. The van der Waals surface area contributed by atoms with E-state index in [2.05, 4.69) is 20.3 Å². The Morgan fingerprint density at radius 2 is 1.63 bits per heavy atom. The number of nitrogens with one attached hydrogen (secondary N) is 4. The monoisotopic (exact) mass is 593 g/mol. The van der Waals surface area contributed by atoms with E-state index in [4.69, 9.17) is 4.74 Å². The number of nitrogens with zero attached hydrogens (tertiary/aromatic N) is 1. The molecule has 1 heterocycles. The molecule has 41 heavy (non-hydrogen) atoms. The molecule has 1 aromatic heterocycles. The highest BCUT2D eigenvalue weighted by Crippen LogP contribution is 2.31. The fraction of sp³-hybridized carbons (Fsp3) is 0.296. The first-order valence-corrected chi connectivity index (χ1v) is 13.8. The molecule has 0 atom stereocenters. The number of rotatable bonds is 8. The molecule has 0 saturated carbocycles. The van der Waals surface area contributed by atoms with Crippen LogP contribution >= 0.6 is 0 Å². The molecule has 3 amide bonds. The van der Waals surface area contributed by atoms with Gasteiger partial charge in [-0.3, -0.25) is 0 Å². The van der Waals surface area contributed by atoms with Crippen LogP contribution in [-0.2, 0) is 34.2 Å². The highest BCUT2D eigenvalue weighted by molar-refractivity contribution is 7.88. The Labute approximate surface area is 235 Å². The molecule has 0 aliphatic rings. The van der Waals surface area contributed by atoms with Crippen molar-refractivity contribution in [1.82, 2.24) is 19.7 Å². The maximum absolute atomic E-state index is 13.3. The van der Waals surface area contributed by atoms with Crippen molar-refractivity contribution < 1.29 is 35.9 Å². The molecule has 3 aromatic rings. The Balaban J connectivity index is 1.59. The highest BCUT2D eigenvalue weighted by atomic mass is 32.2. The lowest BCUT2D eigenvalue weighted by atomic mass is 10.0. The summed E-state index contributed by atoms with van der Waals surface area (Å²) in [6.07, 6.45) is -5.74. The van der Waals surface area contributed by atoms with Crippen molar-refractivity contribution in [2.75, 3.05) is 5.32 Å². The van der Waals surface area contributed by atoms with Gasteiger partial charge in [0.25, 0.3) is 0 Å². The summed E-state index contributed by atoms with van der Waals surface area (Å²) in [5, 5.41) is 5.21. The minimum atomic E-state index is -4.62. The maximum Gasteiger partial charge on any atom is 0.433 e. The van der Waals surface area contributed by atoms with Crippen LogP contribution < -0.4 is 20.1 Å². The molecule has 2 aromatic carbocycles. The van der Waals surface area contributed by atoms with Crippen molar-refractivity contribution in [2.24, 2.45) is 0 Å². The molecule has 0 spiro atoms. The van der Waals surface area contributed by atoms with E-state index in [-0.39, 0.29) is 18.8 Å². The fourth-order valence-corrected chi connectivity index (χ4v) is 4.20. The first kappa shape index (κ1) is 31.4. The summed E-state index contributed by atoms with van der Waals surface area (Å²) in [4.78, 5) is 28.0. The van der Waals surface area contributed by atoms with Gasteiger partial charge in [-0.25, -0.2) is 19.3 Å². The number of anilines is 1. The zero-order valence-corrected chi connectivity index (χ0v) is 23.5. The second-order valence-corrected chi connectivity index (χ2v) is 11.5. The van der Waals surface area contributed by atoms with E-state index in [9.17, 15) is 31.2 Å². The van der Waals surface area contributed by atoms with Gasteiger partial charge in [-0.15, -0.1) is 0 Å². The number of hydrogen-bond donors (Lipinski definition) is 4. The van der Waals surface area contributed by atoms with Gasteiger partial charge in [-0.2, -0.15) is 26.3 Å². The molecule has 14 heteroatoms. The Kier molecular flexibility index (Phi) is 9.61. The van der Waals surface area contributed by atoms with Gasteiger partial charge in [0.1, 0.15) is 11.3 Å². The van der Waals surface area contributed by atoms with Crippen molar-refractivity contribution in [3.8, 4) is 11.3 Å². The smallest absolute Gasteiger partial charge is 0.433 e. The minimum Gasteiger partial charge on any atom is -0.443 e. The second-order valence-electron chi connectivity index (χ2n) is 10.0. The molecule has 0 bridgehead atoms. The molecule has 10 nitrogen and oxygen atoms in total. The molecule has 0 aliphatic carbocycles. The molecule has 0 unspecified atom stereocenters. The first-order chi connectivity index (χ1) is 19.0. The van der Waals surface area contributed by atoms with Crippen LogP contribution in [0.5, 0.6) is 0 Å². The quantitative estimate of drug-likeness (QED) is 0.281. The molecular formula is C27H30F3N5O5S. The Morgan fingerprint density at radius 1 is 0.951 bits per heavy atom. The number of alkyl halides is 3. The van der Waals surface area contributed by atoms with Crippen molar-refractivity contribution >= 4 is 28.0 Å². The minimum absolute atomic E-state index is 0.0925. The van der Waals surface area contributed by atoms with Crippen molar-refractivity contribution in [2.45, 2.75) is 52.6 Å². The number of benzene rings is 2. The van der Waals surface area contributed by atoms with Crippen LogP contribution in [0, 0.1) is 6.92 Å². The van der Waals surface area contributed by atoms with Crippen LogP contribution in [0.4, 0.5) is 28.4 Å². The van der Waals surface area contributed by atoms with Gasteiger partial charge >= 0.3 is 28.5 Å². The van der Waals surface area contributed by atoms with Crippen LogP contribution in [0.25, 0.3) is 11.3 Å². The van der Waals surface area contributed by atoms with Gasteiger partial charge in [0.2, 0.25) is 0 Å². The first-order valence-electron chi connectivity index (χ1n) is 12.3. The Bertz CT molecular complexity index is 1500. The SMILES string of the molecule is Cc1cccc(-c2nc(C(F)(F)F)ccc2CNC(=O)Nc2ccc(CNS(=O)(=O)NC(=O)OC(C)(C)C)cc2)c1. The third-order valence-corrected chi connectivity index (χ3v) is 6.25. The summed E-state index contributed by atoms with van der Waals surface area (Å²) in [6, 6.07) is 14.6. The lowest BCUT2D eigenvalue weighted by Gasteiger charge is -2.19. The second kappa shape index (κ2) is 12.6. The standard InChI is InChI=1S/C27H30F3N5O5S/c1-17-6-5-7-19(14-17)23-20(10-13-22(34-23)27(28,29)30)16-31-24(36)33-21-11-8-18(9-12-21)15-32-41(38,39)35-25(37)40-26(2,3)4/h5-14,32H,15-16H2,1-4H3,(H,35,37)(H2,31,33,36). The number of aryl methyl sites for hydroxylation is 1. The molecule has 0 saturated heterocycles. The number of amides is 3. The summed E-state index contributed by atoms with van der Waals surface area (Å²) in [7, 11) is -4.17. The highest BCUT2D eigenvalue weighted by Gasteiger charge is 2.33. The average molecular weight is 594 g/mol. The average Bonchev–Trinajstić information content (AvgIpc) is 2.85. The van der Waals surface area contributed by atoms with E-state index in [0.717, 1.165) is 11.6 Å². The van der Waals surface area contributed by atoms with Crippen molar-refractivity contribution in [3.63, 3.8) is 0 Å². The van der Waals surface area contributed by atoms with Crippen LogP contribution in [-0.4, -0.2) is 31.1 Å². The molecule has 0 radical (unpaired) electrons. The van der Waals surface area contributed by atoms with Gasteiger partial charge in [-0.05, 0) is 63.1 Å². The molecule has 0 aliphatic heterocycles. The Hall–Kier alpha value is -4.17. The largest absolute Gasteiger partial charge is 0.443 e. The number of urea groups is 1. The van der Waals surface area contributed by atoms with E-state index in [1.54, 1.807) is 55.8 Å². The molecule has 220 valence electrons. The maximum atomic E-state index is 13.3. The predicted octanol–water partition coefficient (Wildman–Crippen LogP) is 5.26. The van der Waals surface area contributed by atoms with Gasteiger partial charge in [-0.1, -0.05) is 42.0 Å². The van der Waals surface area contributed by atoms with Crippen molar-refractivity contribution in [1.29, 1.82) is 0 Å². The third-order valence-electron chi connectivity index (χ3n) is 5.29. The summed E-state index contributed by atoms with van der Waals surface area (Å²) in [5.74, 6) is 0. The number of hydrogen-bond acceptors (Lipinski definition) is 6. The number of aromatic nitrogens is 1. The topological polar surface area (TPSA) is 139 Å². The molecule has 0 fully saturated rings. The van der Waals surface area contributed by atoms with Crippen LogP contribution in [0.1, 0.15) is 43.2 Å². The lowest BCUT2D eigenvalue weighted by Crippen LogP contribution is -2.42. The van der Waals surface area contributed by atoms with Gasteiger partial charge in [0.05, 0.1) is 5.69 Å². The van der Waals surface area contributed by atoms with Gasteiger partial charge in [0, 0.05) is 24.3 Å². The van der Waals surface area contributed by atoms with Crippen molar-refractivity contribution in [3.05, 3.63) is 83.0 Å². The predicted molar refractivity (Wildman–Crippen MR) is 147 cm³/mol. The summed E-state index contributed by atoms with van der Waals surface area (Å²) >= 11 is 0. The zero-order valence-electron chi connectivity index (χ0n) is 22.7. The summed E-state index contributed by atoms with van der Waals surface area (Å²) in [5.41, 5.74) is 0.833. The van der Waals surface area contributed by atoms with E-state index in [1.165, 1.54) is 18.2 Å². The normalized spacial score (nSPS) is 12.0. The van der Waals surface area contributed by atoms with E-state index >= 15 is 0 Å². The third kappa shape index (κ3) is 10.1. The number of carbonyl (C=O) groups is 2. The number of ether oxygens (including phenoxy) is 1. The molecule has 4 N–H and O–H groups in total. The number of halogens is 3. The zero-order chi connectivity index (χ0) is 30.4. The van der Waals surface area contributed by atoms with Gasteiger partial charge < -0.3 is 15.4 Å². The number of carbonyl (C=O) groups excluding carboxylic acids is 2. The summed E-state index contributed by atoms with van der Waals surface area (Å²) in [6.45, 7) is 6.35. The van der Waals surface area contributed by atoms with E-state index in [0.29, 0.717) is 22.4 Å². The van der Waals surface area contributed by atoms with E-state index < -0.39 is 39.8 Å². The van der Waals surface area contributed by atoms with Crippen LogP contribution in [0.2, 0.25) is 0 Å². The lowest BCUT2D eigenvalue weighted by molar-refractivity contribution is -0.141. The molecular weight excluding hydrogens is 563 g/mol. The van der Waals surface area contributed by atoms with Crippen LogP contribution in [0.15, 0.2) is 60.7 Å². The van der Waals surface area contributed by atoms with Gasteiger partial charge in [0.15, 0.2) is 0 Å². The number of pyridine rings is 1. The summed E-state index contributed by atoms with van der Waals surface area (Å²) < 4.78 is 72.9. The van der Waals surface area contributed by atoms with E-state index in [1.807, 2.05) is 13.0 Å². The fourth-order valence-electron chi connectivity index (χ4n) is 3.51.